The Balaban J connectivity index is 1.57. The molecule has 0 fully saturated rings. The van der Waals surface area contributed by atoms with E-state index in [9.17, 15) is 4.79 Å². The van der Waals surface area contributed by atoms with Crippen molar-refractivity contribution in [1.82, 2.24) is 29.7 Å². The fourth-order valence-corrected chi connectivity index (χ4v) is 3.47. The van der Waals surface area contributed by atoms with E-state index >= 15 is 0 Å². The first-order chi connectivity index (χ1) is 13.8. The van der Waals surface area contributed by atoms with E-state index in [4.69, 9.17) is 0 Å². The number of fused-ring (bicyclic) bond motifs is 1. The molecule has 1 atom stereocenters. The third kappa shape index (κ3) is 3.77. The molecule has 1 N–H and O–H groups in total. The highest BCUT2D eigenvalue weighted by Crippen LogP contribution is 2.19. The minimum atomic E-state index is -0.238. The van der Waals surface area contributed by atoms with Crippen molar-refractivity contribution in [3.63, 3.8) is 0 Å². The molecule has 0 radical (unpaired) electrons. The Morgan fingerprint density at radius 3 is 2.79 bits per heavy atom. The summed E-state index contributed by atoms with van der Waals surface area (Å²) in [5.74, 6) is 1.45. The molecule has 8 heteroatoms. The van der Waals surface area contributed by atoms with Crippen LogP contribution in [0.4, 0.5) is 0 Å². The van der Waals surface area contributed by atoms with Crippen molar-refractivity contribution in [2.24, 2.45) is 0 Å². The molecule has 0 saturated carbocycles. The first kappa shape index (κ1) is 18.2. The average molecular weight is 392 g/mol. The zero-order valence-electron chi connectivity index (χ0n) is 15.4. The molecule has 1 amide bonds. The van der Waals surface area contributed by atoms with Crippen molar-refractivity contribution >= 4 is 23.3 Å². The normalized spacial score (nSPS) is 12.2. The maximum Gasteiger partial charge on any atom is 0.255 e. The number of rotatable bonds is 7. The number of pyridine rings is 1. The maximum atomic E-state index is 12.9. The van der Waals surface area contributed by atoms with Gasteiger partial charge in [-0.2, -0.15) is 16.9 Å². The van der Waals surface area contributed by atoms with Gasteiger partial charge in [0.05, 0.1) is 23.5 Å². The fourth-order valence-electron chi connectivity index (χ4n) is 3.00. The molecule has 1 unspecified atom stereocenters. The lowest BCUT2D eigenvalue weighted by atomic mass is 10.2. The molecule has 3 aromatic heterocycles. The van der Waals surface area contributed by atoms with E-state index in [-0.39, 0.29) is 11.9 Å². The second-order valence-corrected chi connectivity index (χ2v) is 7.29. The lowest BCUT2D eigenvalue weighted by Crippen LogP contribution is -2.30. The number of benzene rings is 1. The van der Waals surface area contributed by atoms with E-state index < -0.39 is 0 Å². The molecule has 142 valence electrons. The van der Waals surface area contributed by atoms with Crippen LogP contribution in [0.5, 0.6) is 0 Å². The molecule has 3 heterocycles. The third-order valence-corrected chi connectivity index (χ3v) is 5.08. The second kappa shape index (κ2) is 8.26. The molecule has 0 saturated heterocycles. The van der Waals surface area contributed by atoms with Gasteiger partial charge >= 0.3 is 0 Å². The number of hydrogen-bond acceptors (Lipinski definition) is 5. The average Bonchev–Trinajstić information content (AvgIpc) is 3.39. The molecule has 4 aromatic rings. The van der Waals surface area contributed by atoms with Gasteiger partial charge in [-0.05, 0) is 42.7 Å². The number of hydrogen-bond donors (Lipinski definition) is 1. The SMILES string of the molecule is CSCCC(NC(=O)c1cnn(-c2ccccc2)c1)c1nnc2ccccn12. The van der Waals surface area contributed by atoms with Crippen LogP contribution in [0, 0.1) is 0 Å². The van der Waals surface area contributed by atoms with Gasteiger partial charge in [-0.3, -0.25) is 9.20 Å². The summed E-state index contributed by atoms with van der Waals surface area (Å²) in [5, 5.41) is 15.9. The van der Waals surface area contributed by atoms with Crippen LogP contribution in [0.3, 0.4) is 0 Å². The molecular formula is C20H20N6OS. The molecule has 0 bridgehead atoms. The number of aromatic nitrogens is 5. The van der Waals surface area contributed by atoms with E-state index in [1.807, 2.05) is 65.4 Å². The number of para-hydroxylation sites is 1. The van der Waals surface area contributed by atoms with E-state index in [2.05, 4.69) is 20.6 Å². The van der Waals surface area contributed by atoms with Crippen molar-refractivity contribution in [1.29, 1.82) is 0 Å². The molecular weight excluding hydrogens is 372 g/mol. The standard InChI is InChI=1S/C20H20N6OS/c1-28-12-10-17(19-24-23-18-9-5-6-11-25(18)19)22-20(27)15-13-21-26(14-15)16-7-3-2-4-8-16/h2-9,11,13-14,17H,10,12H2,1H3,(H,22,27). The van der Waals surface area contributed by atoms with Crippen LogP contribution in [0.2, 0.25) is 0 Å². The second-order valence-electron chi connectivity index (χ2n) is 6.30. The lowest BCUT2D eigenvalue weighted by Gasteiger charge is -2.16. The van der Waals surface area contributed by atoms with Crippen LogP contribution in [-0.2, 0) is 0 Å². The van der Waals surface area contributed by atoms with Crippen LogP contribution in [0.15, 0.2) is 67.1 Å². The van der Waals surface area contributed by atoms with Crippen LogP contribution in [0.1, 0.15) is 28.6 Å². The highest BCUT2D eigenvalue weighted by Gasteiger charge is 2.21. The van der Waals surface area contributed by atoms with Crippen LogP contribution in [0.25, 0.3) is 11.3 Å². The number of amides is 1. The number of thioether (sulfide) groups is 1. The largest absolute Gasteiger partial charge is 0.342 e. The summed E-state index contributed by atoms with van der Waals surface area (Å²) < 4.78 is 3.61. The van der Waals surface area contributed by atoms with Gasteiger partial charge in [0.2, 0.25) is 0 Å². The Bertz CT molecular complexity index is 1070. The van der Waals surface area contributed by atoms with Crippen molar-refractivity contribution in [2.45, 2.75) is 12.5 Å². The number of nitrogens with zero attached hydrogens (tertiary/aromatic N) is 5. The topological polar surface area (TPSA) is 77.1 Å². The highest BCUT2D eigenvalue weighted by molar-refractivity contribution is 7.98. The first-order valence-corrected chi connectivity index (χ1v) is 10.3. The Morgan fingerprint density at radius 2 is 1.96 bits per heavy atom. The lowest BCUT2D eigenvalue weighted by molar-refractivity contribution is 0.0934. The van der Waals surface area contributed by atoms with Crippen LogP contribution in [-0.4, -0.2) is 42.3 Å². The van der Waals surface area contributed by atoms with Gasteiger partial charge in [0.15, 0.2) is 11.5 Å². The Morgan fingerprint density at radius 1 is 1.14 bits per heavy atom. The van der Waals surface area contributed by atoms with E-state index in [0.29, 0.717) is 5.56 Å². The summed E-state index contributed by atoms with van der Waals surface area (Å²) in [7, 11) is 0. The molecule has 0 spiro atoms. The molecule has 4 rings (SSSR count). The maximum absolute atomic E-state index is 12.9. The number of carbonyl (C=O) groups excluding carboxylic acids is 1. The quantitative estimate of drug-likeness (QED) is 0.523. The summed E-state index contributed by atoms with van der Waals surface area (Å²) in [6.07, 6.45) is 8.03. The van der Waals surface area contributed by atoms with Crippen molar-refractivity contribution in [3.05, 3.63) is 78.5 Å². The van der Waals surface area contributed by atoms with Crippen molar-refractivity contribution < 1.29 is 4.79 Å². The molecule has 7 nitrogen and oxygen atoms in total. The fraction of sp³-hybridized carbons (Fsp3) is 0.200. The third-order valence-electron chi connectivity index (χ3n) is 4.43. The number of carbonyl (C=O) groups is 1. The summed E-state index contributed by atoms with van der Waals surface area (Å²) in [6, 6.07) is 15.2. The van der Waals surface area contributed by atoms with Crippen molar-refractivity contribution in [2.75, 3.05) is 12.0 Å². The monoisotopic (exact) mass is 392 g/mol. The van der Waals surface area contributed by atoms with Gasteiger partial charge in [-0.15, -0.1) is 10.2 Å². The Labute approximate surface area is 166 Å². The summed E-state index contributed by atoms with van der Waals surface area (Å²) >= 11 is 1.73. The predicted octanol–water partition coefficient (Wildman–Crippen LogP) is 3.14. The highest BCUT2D eigenvalue weighted by atomic mass is 32.2. The zero-order chi connectivity index (χ0) is 19.3. The summed E-state index contributed by atoms with van der Waals surface area (Å²) in [4.78, 5) is 12.9. The number of nitrogens with one attached hydrogen (secondary N) is 1. The smallest absolute Gasteiger partial charge is 0.255 e. The minimum Gasteiger partial charge on any atom is -0.342 e. The zero-order valence-corrected chi connectivity index (χ0v) is 16.2. The van der Waals surface area contributed by atoms with E-state index in [1.165, 1.54) is 0 Å². The predicted molar refractivity (Wildman–Crippen MR) is 110 cm³/mol. The summed E-state index contributed by atoms with van der Waals surface area (Å²) in [6.45, 7) is 0. The minimum absolute atomic E-state index is 0.180. The summed E-state index contributed by atoms with van der Waals surface area (Å²) in [5.41, 5.74) is 2.17. The Hall–Kier alpha value is -3.13. The van der Waals surface area contributed by atoms with Crippen molar-refractivity contribution in [3.8, 4) is 5.69 Å². The van der Waals surface area contributed by atoms with Gasteiger partial charge < -0.3 is 5.32 Å². The van der Waals surface area contributed by atoms with Gasteiger partial charge in [0.25, 0.3) is 5.91 Å². The molecule has 0 aliphatic carbocycles. The van der Waals surface area contributed by atoms with Gasteiger partial charge in [0.1, 0.15) is 0 Å². The molecule has 0 aliphatic rings. The Kier molecular flexibility index (Phi) is 5.38. The van der Waals surface area contributed by atoms with Crippen LogP contribution >= 0.6 is 11.8 Å². The first-order valence-electron chi connectivity index (χ1n) is 8.96. The van der Waals surface area contributed by atoms with E-state index in [0.717, 1.165) is 29.3 Å². The van der Waals surface area contributed by atoms with E-state index in [1.54, 1.807) is 28.8 Å². The molecule has 28 heavy (non-hydrogen) atoms. The van der Waals surface area contributed by atoms with Gasteiger partial charge in [0, 0.05) is 12.4 Å². The molecule has 0 aliphatic heterocycles. The van der Waals surface area contributed by atoms with Gasteiger partial charge in [-0.1, -0.05) is 24.3 Å². The van der Waals surface area contributed by atoms with Gasteiger partial charge in [-0.25, -0.2) is 4.68 Å². The van der Waals surface area contributed by atoms with Crippen LogP contribution < -0.4 is 5.32 Å². The molecule has 1 aromatic carbocycles.